The topological polar surface area (TPSA) is 38.9 Å². The number of aromatic nitrogens is 1. The molecular formula is C11H12N2S2. The molecule has 2 rings (SSSR count). The molecule has 4 heteroatoms. The van der Waals surface area contributed by atoms with Gasteiger partial charge in [0.2, 0.25) is 0 Å². The number of hydrogen-bond acceptors (Lipinski definition) is 4. The van der Waals surface area contributed by atoms with Crippen molar-refractivity contribution in [3.63, 3.8) is 0 Å². The lowest BCUT2D eigenvalue weighted by Gasteiger charge is -1.97. The van der Waals surface area contributed by atoms with E-state index in [1.54, 1.807) is 23.1 Å². The number of hydrogen-bond donors (Lipinski definition) is 1. The summed E-state index contributed by atoms with van der Waals surface area (Å²) in [5.41, 5.74) is 8.64. The molecule has 0 saturated heterocycles. The maximum Gasteiger partial charge on any atom is 0.103 e. The summed E-state index contributed by atoms with van der Waals surface area (Å²) >= 11 is 3.49. The van der Waals surface area contributed by atoms with Crippen molar-refractivity contribution < 1.29 is 0 Å². The minimum absolute atomic E-state index is 0.784. The predicted octanol–water partition coefficient (Wildman–Crippen LogP) is 3.26. The van der Waals surface area contributed by atoms with Crippen LogP contribution in [0, 0.1) is 0 Å². The Morgan fingerprint density at radius 1 is 1.47 bits per heavy atom. The summed E-state index contributed by atoms with van der Waals surface area (Å²) in [6.45, 7) is 0. The molecule has 1 aromatic heterocycles. The molecule has 0 fully saturated rings. The molecule has 0 spiro atoms. The minimum atomic E-state index is 0.784. The fraction of sp³-hybridized carbons (Fsp3) is 0.182. The van der Waals surface area contributed by atoms with Crippen LogP contribution < -0.4 is 5.73 Å². The Hall–Kier alpha value is -1.000. The summed E-state index contributed by atoms with van der Waals surface area (Å²) in [5, 5.41) is 3.25. The zero-order valence-corrected chi connectivity index (χ0v) is 10.1. The Morgan fingerprint density at radius 3 is 3.07 bits per heavy atom. The molecule has 0 unspecified atom stereocenters. The second-order valence-electron chi connectivity index (χ2n) is 3.18. The summed E-state index contributed by atoms with van der Waals surface area (Å²) in [6, 6.07) is 7.84. The van der Waals surface area contributed by atoms with Gasteiger partial charge in [-0.1, -0.05) is 12.1 Å². The van der Waals surface area contributed by atoms with Gasteiger partial charge in [-0.3, -0.25) is 0 Å². The van der Waals surface area contributed by atoms with Gasteiger partial charge in [0.25, 0.3) is 0 Å². The van der Waals surface area contributed by atoms with E-state index in [2.05, 4.69) is 16.6 Å². The number of thioether (sulfide) groups is 1. The van der Waals surface area contributed by atoms with Crippen LogP contribution in [-0.2, 0) is 5.75 Å². The van der Waals surface area contributed by atoms with Crippen LogP contribution in [0.4, 0.5) is 5.69 Å². The van der Waals surface area contributed by atoms with Gasteiger partial charge in [0.15, 0.2) is 0 Å². The average Bonchev–Trinajstić information content (AvgIpc) is 2.67. The molecule has 0 aliphatic rings. The first kappa shape index (κ1) is 10.5. The predicted molar refractivity (Wildman–Crippen MR) is 69.2 cm³/mol. The first-order chi connectivity index (χ1) is 7.29. The number of anilines is 1. The normalized spacial score (nSPS) is 10.5. The molecule has 0 aliphatic carbocycles. The van der Waals surface area contributed by atoms with Gasteiger partial charge < -0.3 is 5.73 Å². The van der Waals surface area contributed by atoms with Gasteiger partial charge in [-0.25, -0.2) is 4.98 Å². The standard InChI is InChI=1S/C11H12N2S2/c1-14-7-11-13-10(6-15-11)8-3-2-4-9(12)5-8/h2-6H,7,12H2,1H3. The fourth-order valence-electron chi connectivity index (χ4n) is 1.33. The summed E-state index contributed by atoms with van der Waals surface area (Å²) in [4.78, 5) is 4.55. The monoisotopic (exact) mass is 236 g/mol. The van der Waals surface area contributed by atoms with Crippen LogP contribution in [0.1, 0.15) is 5.01 Å². The molecule has 78 valence electrons. The zero-order valence-electron chi connectivity index (χ0n) is 8.43. The van der Waals surface area contributed by atoms with Crippen LogP contribution in [0.5, 0.6) is 0 Å². The van der Waals surface area contributed by atoms with E-state index in [1.165, 1.54) is 5.01 Å². The highest BCUT2D eigenvalue weighted by Gasteiger charge is 2.03. The Labute approximate surface area is 97.5 Å². The largest absolute Gasteiger partial charge is 0.399 e. The second-order valence-corrected chi connectivity index (χ2v) is 4.99. The number of nitrogens with two attached hydrogens (primary N) is 1. The molecule has 0 saturated carbocycles. The number of nitrogen functional groups attached to an aromatic ring is 1. The van der Waals surface area contributed by atoms with Crippen LogP contribution in [0.15, 0.2) is 29.6 Å². The maximum atomic E-state index is 5.73. The van der Waals surface area contributed by atoms with Crippen LogP contribution in [-0.4, -0.2) is 11.2 Å². The van der Waals surface area contributed by atoms with Gasteiger partial charge >= 0.3 is 0 Å². The van der Waals surface area contributed by atoms with Crippen molar-refractivity contribution >= 4 is 28.8 Å². The van der Waals surface area contributed by atoms with Crippen molar-refractivity contribution in [2.75, 3.05) is 12.0 Å². The van der Waals surface area contributed by atoms with E-state index in [0.29, 0.717) is 0 Å². The third-order valence-corrected chi connectivity index (χ3v) is 3.60. The van der Waals surface area contributed by atoms with Gasteiger partial charge in [0.1, 0.15) is 5.01 Å². The lowest BCUT2D eigenvalue weighted by molar-refractivity contribution is 1.27. The van der Waals surface area contributed by atoms with E-state index in [0.717, 1.165) is 22.7 Å². The smallest absolute Gasteiger partial charge is 0.103 e. The first-order valence-electron chi connectivity index (χ1n) is 4.59. The van der Waals surface area contributed by atoms with Crippen molar-refractivity contribution in [1.29, 1.82) is 0 Å². The van der Waals surface area contributed by atoms with E-state index in [9.17, 15) is 0 Å². The van der Waals surface area contributed by atoms with Gasteiger partial charge in [0.05, 0.1) is 5.69 Å². The van der Waals surface area contributed by atoms with Gasteiger partial charge in [-0.05, 0) is 18.4 Å². The van der Waals surface area contributed by atoms with Crippen molar-refractivity contribution in [2.24, 2.45) is 0 Å². The molecule has 0 bridgehead atoms. The molecule has 1 aromatic carbocycles. The molecule has 1 heterocycles. The SMILES string of the molecule is CSCc1nc(-c2cccc(N)c2)cs1. The zero-order chi connectivity index (χ0) is 10.7. The average molecular weight is 236 g/mol. The molecule has 2 aromatic rings. The molecule has 0 amide bonds. The Balaban J connectivity index is 2.29. The molecule has 0 atom stereocenters. The second kappa shape index (κ2) is 4.68. The van der Waals surface area contributed by atoms with Crippen LogP contribution in [0.3, 0.4) is 0 Å². The molecule has 0 aliphatic heterocycles. The highest BCUT2D eigenvalue weighted by molar-refractivity contribution is 7.97. The third-order valence-electron chi connectivity index (χ3n) is 2.00. The molecule has 15 heavy (non-hydrogen) atoms. The van der Waals surface area contributed by atoms with Crippen molar-refractivity contribution in [2.45, 2.75) is 5.75 Å². The molecule has 0 radical (unpaired) electrons. The van der Waals surface area contributed by atoms with E-state index >= 15 is 0 Å². The lowest BCUT2D eigenvalue weighted by atomic mass is 10.1. The lowest BCUT2D eigenvalue weighted by Crippen LogP contribution is -1.85. The third kappa shape index (κ3) is 2.52. The summed E-state index contributed by atoms with van der Waals surface area (Å²) < 4.78 is 0. The summed E-state index contributed by atoms with van der Waals surface area (Å²) in [7, 11) is 0. The molecule has 2 N–H and O–H groups in total. The van der Waals surface area contributed by atoms with Crippen molar-refractivity contribution in [3.8, 4) is 11.3 Å². The van der Waals surface area contributed by atoms with Gasteiger partial charge in [-0.2, -0.15) is 11.8 Å². The van der Waals surface area contributed by atoms with Crippen molar-refractivity contribution in [3.05, 3.63) is 34.7 Å². The van der Waals surface area contributed by atoms with E-state index in [-0.39, 0.29) is 0 Å². The van der Waals surface area contributed by atoms with Crippen molar-refractivity contribution in [1.82, 2.24) is 4.98 Å². The van der Waals surface area contributed by atoms with Gasteiger partial charge in [-0.15, -0.1) is 11.3 Å². The minimum Gasteiger partial charge on any atom is -0.399 e. The molecule has 2 nitrogen and oxygen atoms in total. The number of nitrogens with zero attached hydrogens (tertiary/aromatic N) is 1. The van der Waals surface area contributed by atoms with Crippen LogP contribution in [0.25, 0.3) is 11.3 Å². The highest BCUT2D eigenvalue weighted by Crippen LogP contribution is 2.24. The fourth-order valence-corrected chi connectivity index (χ4v) is 2.86. The summed E-state index contributed by atoms with van der Waals surface area (Å²) in [5.74, 6) is 0.979. The summed E-state index contributed by atoms with van der Waals surface area (Å²) in [6.07, 6.45) is 2.08. The van der Waals surface area contributed by atoms with E-state index in [1.807, 2.05) is 24.3 Å². The molecular weight excluding hydrogens is 224 g/mol. The number of thiazole rings is 1. The van der Waals surface area contributed by atoms with E-state index < -0.39 is 0 Å². The number of benzene rings is 1. The van der Waals surface area contributed by atoms with Gasteiger partial charge in [0, 0.05) is 22.4 Å². The number of rotatable bonds is 3. The first-order valence-corrected chi connectivity index (χ1v) is 6.86. The Bertz CT molecular complexity index is 451. The van der Waals surface area contributed by atoms with E-state index in [4.69, 9.17) is 5.73 Å². The van der Waals surface area contributed by atoms with Crippen LogP contribution >= 0.6 is 23.1 Å². The quantitative estimate of drug-likeness (QED) is 0.831. The highest BCUT2D eigenvalue weighted by atomic mass is 32.2. The van der Waals surface area contributed by atoms with Crippen LogP contribution in [0.2, 0.25) is 0 Å². The Kier molecular flexibility index (Phi) is 3.28. The maximum absolute atomic E-state index is 5.73. The Morgan fingerprint density at radius 2 is 2.33 bits per heavy atom.